The Morgan fingerprint density at radius 3 is 2.79 bits per heavy atom. The molecule has 0 radical (unpaired) electrons. The van der Waals surface area contributed by atoms with Crippen molar-refractivity contribution in [2.75, 3.05) is 18.8 Å². The molecule has 1 fully saturated rings. The van der Waals surface area contributed by atoms with Gasteiger partial charge in [-0.1, -0.05) is 12.1 Å². The number of anilines is 1. The number of hydrogen-bond acceptors (Lipinski definition) is 7. The summed E-state index contributed by atoms with van der Waals surface area (Å²) in [5.74, 6) is 0.705. The predicted molar refractivity (Wildman–Crippen MR) is 125 cm³/mol. The number of likely N-dealkylation sites (tertiary alicyclic amines) is 1. The van der Waals surface area contributed by atoms with Crippen molar-refractivity contribution in [2.45, 2.75) is 45.8 Å². The number of nitrogens with two attached hydrogens (primary N) is 1. The summed E-state index contributed by atoms with van der Waals surface area (Å²) in [5, 5.41) is 22.9. The summed E-state index contributed by atoms with van der Waals surface area (Å²) >= 11 is 0. The Labute approximate surface area is 193 Å². The van der Waals surface area contributed by atoms with Gasteiger partial charge in [-0.2, -0.15) is 5.10 Å². The second-order valence-electron chi connectivity index (χ2n) is 9.43. The van der Waals surface area contributed by atoms with Gasteiger partial charge < -0.3 is 20.5 Å². The zero-order valence-corrected chi connectivity index (χ0v) is 19.2. The molecule has 9 nitrogen and oxygen atoms in total. The summed E-state index contributed by atoms with van der Waals surface area (Å²) in [6.07, 6.45) is 5.36. The van der Waals surface area contributed by atoms with Crippen molar-refractivity contribution in [2.24, 2.45) is 5.92 Å². The fourth-order valence-electron chi connectivity index (χ4n) is 4.03. The minimum absolute atomic E-state index is 0.130. The van der Waals surface area contributed by atoms with E-state index in [0.717, 1.165) is 18.4 Å². The number of carbonyl (C=O) groups excluding carboxylic acids is 1. The minimum atomic E-state index is -0.505. The summed E-state index contributed by atoms with van der Waals surface area (Å²) in [5.41, 5.74) is 8.24. The number of piperidine rings is 1. The molecule has 3 heterocycles. The highest BCUT2D eigenvalue weighted by atomic mass is 16.6. The first-order valence-electron chi connectivity index (χ1n) is 11.1. The molecule has 1 aromatic carbocycles. The molecule has 3 aromatic rings. The number of benzene rings is 1. The largest absolute Gasteiger partial charge is 0.507 e. The first-order valence-corrected chi connectivity index (χ1v) is 11.1. The van der Waals surface area contributed by atoms with Crippen molar-refractivity contribution in [1.29, 1.82) is 0 Å². The number of para-hydroxylation sites is 1. The second kappa shape index (κ2) is 9.09. The van der Waals surface area contributed by atoms with Crippen molar-refractivity contribution >= 4 is 11.9 Å². The Morgan fingerprint density at radius 1 is 1.24 bits per heavy atom. The van der Waals surface area contributed by atoms with Crippen molar-refractivity contribution in [3.05, 3.63) is 42.7 Å². The Morgan fingerprint density at radius 2 is 2.03 bits per heavy atom. The van der Waals surface area contributed by atoms with Crippen LogP contribution >= 0.6 is 0 Å². The van der Waals surface area contributed by atoms with Gasteiger partial charge in [-0.3, -0.25) is 4.68 Å². The van der Waals surface area contributed by atoms with Crippen LogP contribution in [0, 0.1) is 5.92 Å². The van der Waals surface area contributed by atoms with Crippen LogP contribution in [0.2, 0.25) is 0 Å². The maximum absolute atomic E-state index is 12.4. The highest BCUT2D eigenvalue weighted by Gasteiger charge is 2.28. The number of rotatable bonds is 4. The van der Waals surface area contributed by atoms with E-state index in [0.29, 0.717) is 42.3 Å². The molecule has 1 atom stereocenters. The van der Waals surface area contributed by atoms with Crippen LogP contribution in [-0.4, -0.2) is 54.8 Å². The summed E-state index contributed by atoms with van der Waals surface area (Å²) < 4.78 is 7.40. The lowest BCUT2D eigenvalue weighted by Gasteiger charge is -2.34. The van der Waals surface area contributed by atoms with E-state index in [9.17, 15) is 9.90 Å². The van der Waals surface area contributed by atoms with E-state index in [4.69, 9.17) is 10.5 Å². The van der Waals surface area contributed by atoms with Crippen LogP contribution in [0.4, 0.5) is 10.6 Å². The van der Waals surface area contributed by atoms with Gasteiger partial charge in [-0.05, 0) is 57.7 Å². The smallest absolute Gasteiger partial charge is 0.410 e. The molecule has 3 N–H and O–H groups in total. The zero-order valence-electron chi connectivity index (χ0n) is 19.2. The zero-order chi connectivity index (χ0) is 23.6. The number of amides is 1. The highest BCUT2D eigenvalue weighted by molar-refractivity contribution is 5.78. The molecule has 0 saturated carbocycles. The van der Waals surface area contributed by atoms with Crippen LogP contribution < -0.4 is 5.73 Å². The lowest BCUT2D eigenvalue weighted by Crippen LogP contribution is -2.43. The Bertz CT molecular complexity index is 1140. The predicted octanol–water partition coefficient (Wildman–Crippen LogP) is 3.94. The van der Waals surface area contributed by atoms with E-state index in [1.165, 1.54) is 0 Å². The maximum atomic E-state index is 12.4. The van der Waals surface area contributed by atoms with E-state index in [-0.39, 0.29) is 17.8 Å². The lowest BCUT2D eigenvalue weighted by molar-refractivity contribution is 0.0155. The lowest BCUT2D eigenvalue weighted by atomic mass is 9.98. The number of carbonyl (C=O) groups is 1. The van der Waals surface area contributed by atoms with Crippen molar-refractivity contribution in [3.63, 3.8) is 0 Å². The normalized spacial score (nSPS) is 16.6. The quantitative estimate of drug-likeness (QED) is 0.618. The number of ether oxygens (including phenoxy) is 1. The third kappa shape index (κ3) is 5.42. The van der Waals surface area contributed by atoms with E-state index in [2.05, 4.69) is 15.3 Å². The molecule has 0 aliphatic carbocycles. The molecule has 1 amide bonds. The van der Waals surface area contributed by atoms with Gasteiger partial charge in [0.2, 0.25) is 0 Å². The molecule has 2 aromatic heterocycles. The van der Waals surface area contributed by atoms with Crippen molar-refractivity contribution in [1.82, 2.24) is 24.9 Å². The molecule has 174 valence electrons. The maximum Gasteiger partial charge on any atom is 0.410 e. The fourth-order valence-corrected chi connectivity index (χ4v) is 4.03. The average molecular weight is 451 g/mol. The standard InChI is InChI=1S/C24H30N6O3/c1-24(2,3)33-23(32)29-10-6-7-16(13-29)14-30-15-17(12-26-30)19-11-20(27-28-22(19)25)18-8-4-5-9-21(18)31/h4-5,8-9,11-12,15-16,31H,6-7,10,13-14H2,1-3H3,(H2,25,28)/t16-/m1/s1. The fraction of sp³-hybridized carbons (Fsp3) is 0.417. The molecular weight excluding hydrogens is 420 g/mol. The topological polar surface area (TPSA) is 119 Å². The first kappa shape index (κ1) is 22.6. The van der Waals surface area contributed by atoms with Crippen LogP contribution in [0.25, 0.3) is 22.4 Å². The number of phenols is 1. The summed E-state index contributed by atoms with van der Waals surface area (Å²) in [7, 11) is 0. The number of nitrogen functional groups attached to an aromatic ring is 1. The van der Waals surface area contributed by atoms with E-state index in [1.54, 1.807) is 29.3 Å². The summed E-state index contributed by atoms with van der Waals surface area (Å²) in [6, 6.07) is 8.78. The molecule has 33 heavy (non-hydrogen) atoms. The van der Waals surface area contributed by atoms with Gasteiger partial charge in [0.15, 0.2) is 5.82 Å². The summed E-state index contributed by atoms with van der Waals surface area (Å²) in [4.78, 5) is 14.2. The van der Waals surface area contributed by atoms with E-state index in [1.807, 2.05) is 43.8 Å². The van der Waals surface area contributed by atoms with Gasteiger partial charge in [0, 0.05) is 42.5 Å². The van der Waals surface area contributed by atoms with Gasteiger partial charge in [-0.15, -0.1) is 10.2 Å². The van der Waals surface area contributed by atoms with Crippen LogP contribution in [-0.2, 0) is 11.3 Å². The summed E-state index contributed by atoms with van der Waals surface area (Å²) in [6.45, 7) is 7.67. The molecular formula is C24H30N6O3. The van der Waals surface area contributed by atoms with Gasteiger partial charge in [0.05, 0.1) is 11.9 Å². The molecule has 0 bridgehead atoms. The van der Waals surface area contributed by atoms with Gasteiger partial charge >= 0.3 is 6.09 Å². The van der Waals surface area contributed by atoms with E-state index >= 15 is 0 Å². The number of phenolic OH excluding ortho intramolecular Hbond substituents is 1. The number of hydrogen-bond donors (Lipinski definition) is 2. The van der Waals surface area contributed by atoms with Crippen molar-refractivity contribution in [3.8, 4) is 28.1 Å². The Balaban J connectivity index is 1.48. The van der Waals surface area contributed by atoms with Crippen LogP contribution in [0.3, 0.4) is 0 Å². The molecule has 4 rings (SSSR count). The van der Waals surface area contributed by atoms with Crippen LogP contribution in [0.15, 0.2) is 42.7 Å². The molecule has 9 heteroatoms. The number of aromatic hydroxyl groups is 1. The van der Waals surface area contributed by atoms with Gasteiger partial charge in [0.25, 0.3) is 0 Å². The van der Waals surface area contributed by atoms with E-state index < -0.39 is 5.60 Å². The highest BCUT2D eigenvalue weighted by Crippen LogP contribution is 2.32. The molecule has 1 saturated heterocycles. The third-order valence-corrected chi connectivity index (χ3v) is 5.56. The third-order valence-electron chi connectivity index (χ3n) is 5.56. The first-order chi connectivity index (χ1) is 15.7. The SMILES string of the molecule is CC(C)(C)OC(=O)N1CCC[C@@H](Cn2cc(-c3cc(-c4ccccc4O)nnc3N)cn2)C1. The Hall–Kier alpha value is -3.62. The second-order valence-corrected chi connectivity index (χ2v) is 9.43. The molecule has 0 spiro atoms. The number of aromatic nitrogens is 4. The van der Waals surface area contributed by atoms with Crippen LogP contribution in [0.1, 0.15) is 33.6 Å². The Kier molecular flexibility index (Phi) is 6.22. The number of nitrogens with zero attached hydrogens (tertiary/aromatic N) is 5. The minimum Gasteiger partial charge on any atom is -0.507 e. The molecule has 0 unspecified atom stereocenters. The van der Waals surface area contributed by atoms with Crippen molar-refractivity contribution < 1.29 is 14.6 Å². The van der Waals surface area contributed by atoms with Crippen LogP contribution in [0.5, 0.6) is 5.75 Å². The molecule has 1 aliphatic rings. The monoisotopic (exact) mass is 450 g/mol. The molecule has 1 aliphatic heterocycles. The van der Waals surface area contributed by atoms with Gasteiger partial charge in [-0.25, -0.2) is 4.79 Å². The van der Waals surface area contributed by atoms with Gasteiger partial charge in [0.1, 0.15) is 11.4 Å². The average Bonchev–Trinajstić information content (AvgIpc) is 3.22.